The Bertz CT molecular complexity index is 150. The number of hydrogen-bond donors (Lipinski definition) is 1. The van der Waals surface area contributed by atoms with Gasteiger partial charge in [-0.15, -0.1) is 0 Å². The summed E-state index contributed by atoms with van der Waals surface area (Å²) < 4.78 is 1.92. The van der Waals surface area contributed by atoms with Crippen molar-refractivity contribution in [3.63, 3.8) is 0 Å². The number of aliphatic carboxylic acids is 1. The molecule has 0 fully saturated rings. The second-order valence-electron chi connectivity index (χ2n) is 1.68. The first-order valence-corrected chi connectivity index (χ1v) is 4.16. The van der Waals surface area contributed by atoms with Gasteiger partial charge in [0.1, 0.15) is 0 Å². The highest BCUT2D eigenvalue weighted by Crippen LogP contribution is 1.94. The van der Waals surface area contributed by atoms with Crippen LogP contribution in [0.2, 0.25) is 0 Å². The topological polar surface area (TPSA) is 37.3 Å². The van der Waals surface area contributed by atoms with Crippen molar-refractivity contribution in [3.05, 3.63) is 22.3 Å². The van der Waals surface area contributed by atoms with Crippen LogP contribution in [0, 0.1) is 0 Å². The Labute approximate surface area is 73.8 Å². The Kier molecular flexibility index (Phi) is 6.58. The minimum absolute atomic E-state index is 0.797. The van der Waals surface area contributed by atoms with Crippen molar-refractivity contribution in [1.29, 1.82) is 0 Å². The van der Waals surface area contributed by atoms with E-state index in [0.717, 1.165) is 12.8 Å². The van der Waals surface area contributed by atoms with Gasteiger partial charge in [-0.05, 0) is 16.9 Å². The number of hydrogen-bond acceptors (Lipinski definition) is 1. The molecular weight excluding hydrogens is 243 g/mol. The highest BCUT2D eigenvalue weighted by Gasteiger charge is 1.82. The zero-order chi connectivity index (χ0) is 7.82. The number of carboxylic acid groups (broad SMARTS) is 1. The van der Waals surface area contributed by atoms with Crippen molar-refractivity contribution in [2.24, 2.45) is 0 Å². The molecule has 3 heteroatoms. The maximum absolute atomic E-state index is 9.93. The molecule has 0 radical (unpaired) electrons. The van der Waals surface area contributed by atoms with Crippen LogP contribution in [-0.2, 0) is 4.79 Å². The lowest BCUT2D eigenvalue weighted by Crippen LogP contribution is -1.84. The SMILES string of the molecule is O=C(O)/C=C/CC/C=C/I. The minimum atomic E-state index is -0.876. The van der Waals surface area contributed by atoms with E-state index >= 15 is 0 Å². The highest BCUT2D eigenvalue weighted by molar-refractivity contribution is 14.1. The van der Waals surface area contributed by atoms with E-state index in [-0.39, 0.29) is 0 Å². The third-order valence-corrected chi connectivity index (χ3v) is 1.36. The molecule has 0 unspecified atom stereocenters. The fraction of sp³-hybridized carbons (Fsp3) is 0.286. The number of unbranched alkanes of at least 4 members (excludes halogenated alkanes) is 1. The second-order valence-corrected chi connectivity index (χ2v) is 2.40. The molecule has 0 aromatic rings. The summed E-state index contributed by atoms with van der Waals surface area (Å²) in [6.07, 6.45) is 6.52. The summed E-state index contributed by atoms with van der Waals surface area (Å²) >= 11 is 2.13. The van der Waals surface area contributed by atoms with Gasteiger partial charge in [0.05, 0.1) is 0 Å². The molecular formula is C7H9IO2. The predicted molar refractivity (Wildman–Crippen MR) is 49.2 cm³/mol. The molecule has 56 valence electrons. The van der Waals surface area contributed by atoms with E-state index in [4.69, 9.17) is 5.11 Å². The Hall–Kier alpha value is -0.320. The van der Waals surface area contributed by atoms with Crippen molar-refractivity contribution in [3.8, 4) is 0 Å². The van der Waals surface area contributed by atoms with Gasteiger partial charge in [0, 0.05) is 6.08 Å². The first kappa shape index (κ1) is 9.68. The van der Waals surface area contributed by atoms with Gasteiger partial charge in [0.25, 0.3) is 0 Å². The standard InChI is InChI=1S/C7H9IO2/c8-6-4-2-1-3-5-7(9)10/h3-6H,1-2H2,(H,9,10)/b5-3+,6-4+. The van der Waals surface area contributed by atoms with E-state index in [1.165, 1.54) is 6.08 Å². The average molecular weight is 252 g/mol. The summed E-state index contributed by atoms with van der Waals surface area (Å²) in [4.78, 5) is 9.93. The molecule has 0 aliphatic heterocycles. The van der Waals surface area contributed by atoms with Gasteiger partial charge in [0.2, 0.25) is 0 Å². The molecule has 1 N–H and O–H groups in total. The van der Waals surface area contributed by atoms with Crippen molar-refractivity contribution in [1.82, 2.24) is 0 Å². The van der Waals surface area contributed by atoms with E-state index < -0.39 is 5.97 Å². The molecule has 2 nitrogen and oxygen atoms in total. The monoisotopic (exact) mass is 252 g/mol. The Morgan fingerprint density at radius 2 is 2.00 bits per heavy atom. The van der Waals surface area contributed by atoms with Crippen LogP contribution in [0.15, 0.2) is 22.3 Å². The van der Waals surface area contributed by atoms with E-state index in [2.05, 4.69) is 22.6 Å². The number of halogens is 1. The van der Waals surface area contributed by atoms with Crippen LogP contribution in [0.25, 0.3) is 0 Å². The minimum Gasteiger partial charge on any atom is -0.478 e. The van der Waals surface area contributed by atoms with Crippen LogP contribution in [0.4, 0.5) is 0 Å². The van der Waals surface area contributed by atoms with Gasteiger partial charge in [-0.2, -0.15) is 0 Å². The number of allylic oxidation sites excluding steroid dienone is 2. The summed E-state index contributed by atoms with van der Waals surface area (Å²) in [6.45, 7) is 0. The molecule has 0 spiro atoms. The third-order valence-electron chi connectivity index (χ3n) is 0.850. The molecule has 0 saturated heterocycles. The summed E-state index contributed by atoms with van der Waals surface area (Å²) in [5.74, 6) is -0.876. The van der Waals surface area contributed by atoms with Crippen molar-refractivity contribution >= 4 is 28.6 Å². The van der Waals surface area contributed by atoms with Crippen molar-refractivity contribution < 1.29 is 9.90 Å². The molecule has 0 atom stereocenters. The molecule has 0 aromatic heterocycles. The highest BCUT2D eigenvalue weighted by atomic mass is 127. The van der Waals surface area contributed by atoms with E-state index in [1.54, 1.807) is 6.08 Å². The van der Waals surface area contributed by atoms with E-state index in [9.17, 15) is 4.79 Å². The number of carboxylic acids is 1. The third kappa shape index (κ3) is 7.68. The number of rotatable bonds is 4. The Morgan fingerprint density at radius 1 is 1.40 bits per heavy atom. The van der Waals surface area contributed by atoms with Gasteiger partial charge >= 0.3 is 5.97 Å². The van der Waals surface area contributed by atoms with E-state index in [0.29, 0.717) is 0 Å². The normalized spacial score (nSPS) is 11.3. The van der Waals surface area contributed by atoms with Gasteiger partial charge in [-0.25, -0.2) is 4.79 Å². The molecule has 0 heterocycles. The van der Waals surface area contributed by atoms with Gasteiger partial charge in [0.15, 0.2) is 0 Å². The summed E-state index contributed by atoms with van der Waals surface area (Å²) in [5, 5.41) is 8.16. The molecule has 0 aromatic carbocycles. The first-order valence-electron chi connectivity index (χ1n) is 2.92. The van der Waals surface area contributed by atoms with Crippen LogP contribution >= 0.6 is 22.6 Å². The van der Waals surface area contributed by atoms with Crippen LogP contribution in [0.3, 0.4) is 0 Å². The smallest absolute Gasteiger partial charge is 0.327 e. The molecule has 0 bridgehead atoms. The summed E-state index contributed by atoms with van der Waals surface area (Å²) in [5.41, 5.74) is 0. The van der Waals surface area contributed by atoms with Crippen LogP contribution in [-0.4, -0.2) is 11.1 Å². The van der Waals surface area contributed by atoms with Crippen LogP contribution in [0.5, 0.6) is 0 Å². The lowest BCUT2D eigenvalue weighted by molar-refractivity contribution is -0.131. The van der Waals surface area contributed by atoms with Crippen LogP contribution < -0.4 is 0 Å². The Morgan fingerprint density at radius 3 is 2.50 bits per heavy atom. The fourth-order valence-electron chi connectivity index (χ4n) is 0.440. The zero-order valence-corrected chi connectivity index (χ0v) is 7.61. The molecule has 0 amide bonds. The second kappa shape index (κ2) is 6.80. The maximum atomic E-state index is 9.93. The first-order chi connectivity index (χ1) is 4.77. The van der Waals surface area contributed by atoms with Gasteiger partial charge in [-0.1, -0.05) is 34.7 Å². The predicted octanol–water partition coefficient (Wildman–Crippen LogP) is 2.36. The fourth-order valence-corrected chi connectivity index (χ4v) is 0.799. The number of carbonyl (C=O) groups is 1. The van der Waals surface area contributed by atoms with Gasteiger partial charge < -0.3 is 5.11 Å². The van der Waals surface area contributed by atoms with E-state index in [1.807, 2.05) is 10.2 Å². The summed E-state index contributed by atoms with van der Waals surface area (Å²) in [6, 6.07) is 0. The quantitative estimate of drug-likeness (QED) is 0.473. The summed E-state index contributed by atoms with van der Waals surface area (Å²) in [7, 11) is 0. The lowest BCUT2D eigenvalue weighted by Gasteiger charge is -1.82. The lowest BCUT2D eigenvalue weighted by atomic mass is 10.3. The van der Waals surface area contributed by atoms with Gasteiger partial charge in [-0.3, -0.25) is 0 Å². The molecule has 0 aliphatic carbocycles. The largest absolute Gasteiger partial charge is 0.478 e. The average Bonchev–Trinajstić information content (AvgIpc) is 1.87. The molecule has 10 heavy (non-hydrogen) atoms. The van der Waals surface area contributed by atoms with Crippen molar-refractivity contribution in [2.75, 3.05) is 0 Å². The van der Waals surface area contributed by atoms with Crippen molar-refractivity contribution in [2.45, 2.75) is 12.8 Å². The zero-order valence-electron chi connectivity index (χ0n) is 5.46. The molecule has 0 aliphatic rings. The molecule has 0 saturated carbocycles. The van der Waals surface area contributed by atoms with Crippen LogP contribution in [0.1, 0.15) is 12.8 Å². The Balaban J connectivity index is 3.27. The molecule has 0 rings (SSSR count). The maximum Gasteiger partial charge on any atom is 0.327 e.